The Hall–Kier alpha value is -2.67. The second kappa shape index (κ2) is 6.62. The van der Waals surface area contributed by atoms with E-state index in [2.05, 4.69) is 5.32 Å². The van der Waals surface area contributed by atoms with Gasteiger partial charge in [-0.15, -0.1) is 0 Å². The molecule has 0 atom stereocenters. The predicted molar refractivity (Wildman–Crippen MR) is 86.8 cm³/mol. The highest BCUT2D eigenvalue weighted by molar-refractivity contribution is 7.92. The summed E-state index contributed by atoms with van der Waals surface area (Å²) in [6.07, 6.45) is 0. The molecule has 120 valence electrons. The lowest BCUT2D eigenvalue weighted by molar-refractivity contribution is -0.113. The van der Waals surface area contributed by atoms with Crippen molar-refractivity contribution in [1.29, 1.82) is 0 Å². The maximum atomic E-state index is 12.2. The number of sulfone groups is 1. The van der Waals surface area contributed by atoms with Gasteiger partial charge in [-0.2, -0.15) is 0 Å². The Kier molecular flexibility index (Phi) is 4.80. The molecule has 7 heteroatoms. The molecule has 0 unspecified atom stereocenters. The number of carbonyl (C=O) groups excluding carboxylic acids is 2. The van der Waals surface area contributed by atoms with Crippen LogP contribution in [-0.2, 0) is 14.6 Å². The number of nitrogens with two attached hydrogens (primary N) is 1. The van der Waals surface area contributed by atoms with Crippen LogP contribution in [0.4, 0.5) is 5.69 Å². The zero-order chi connectivity index (χ0) is 17.0. The molecule has 2 aromatic rings. The summed E-state index contributed by atoms with van der Waals surface area (Å²) in [5, 5.41) is 2.41. The number of anilines is 1. The van der Waals surface area contributed by atoms with Crippen molar-refractivity contribution in [3.8, 4) is 0 Å². The number of hydrogen-bond acceptors (Lipinski definition) is 4. The second-order valence-electron chi connectivity index (χ2n) is 5.03. The van der Waals surface area contributed by atoms with E-state index in [0.717, 1.165) is 5.56 Å². The second-order valence-corrected chi connectivity index (χ2v) is 7.02. The zero-order valence-electron chi connectivity index (χ0n) is 12.4. The number of nitrogens with one attached hydrogen (secondary N) is 1. The fourth-order valence-electron chi connectivity index (χ4n) is 1.99. The number of carbonyl (C=O) groups is 2. The highest BCUT2D eigenvalue weighted by Crippen LogP contribution is 2.16. The molecule has 0 saturated carbocycles. The molecule has 3 N–H and O–H groups in total. The number of hydrogen-bond donors (Lipinski definition) is 2. The van der Waals surface area contributed by atoms with Crippen LogP contribution in [0.3, 0.4) is 0 Å². The Labute approximate surface area is 134 Å². The van der Waals surface area contributed by atoms with Crippen molar-refractivity contribution in [1.82, 2.24) is 0 Å². The van der Waals surface area contributed by atoms with E-state index in [9.17, 15) is 18.0 Å². The minimum atomic E-state index is -3.76. The third-order valence-electron chi connectivity index (χ3n) is 3.17. The van der Waals surface area contributed by atoms with Gasteiger partial charge in [0.2, 0.25) is 5.91 Å². The summed E-state index contributed by atoms with van der Waals surface area (Å²) in [5.74, 6) is -2.16. The van der Waals surface area contributed by atoms with Gasteiger partial charge in [0, 0.05) is 0 Å². The highest BCUT2D eigenvalue weighted by Gasteiger charge is 2.20. The summed E-state index contributed by atoms with van der Waals surface area (Å²) in [6.45, 7) is 1.84. The number of benzene rings is 2. The molecule has 2 rings (SSSR count). The molecule has 0 radical (unpaired) electrons. The van der Waals surface area contributed by atoms with E-state index >= 15 is 0 Å². The van der Waals surface area contributed by atoms with E-state index in [1.54, 1.807) is 24.3 Å². The maximum Gasteiger partial charge on any atom is 0.250 e. The normalized spacial score (nSPS) is 11.0. The molecule has 2 amide bonds. The quantitative estimate of drug-likeness (QED) is 0.865. The van der Waals surface area contributed by atoms with E-state index in [1.807, 2.05) is 6.92 Å². The third-order valence-corrected chi connectivity index (χ3v) is 4.80. The molecule has 6 nitrogen and oxygen atoms in total. The van der Waals surface area contributed by atoms with Crippen molar-refractivity contribution in [2.24, 2.45) is 5.73 Å². The third kappa shape index (κ3) is 4.17. The zero-order valence-corrected chi connectivity index (χ0v) is 13.3. The Bertz CT molecular complexity index is 843. The van der Waals surface area contributed by atoms with Crippen molar-refractivity contribution in [2.45, 2.75) is 11.8 Å². The molecule has 0 aliphatic rings. The van der Waals surface area contributed by atoms with Crippen molar-refractivity contribution < 1.29 is 18.0 Å². The number of aryl methyl sites for hydroxylation is 1. The molecule has 0 aliphatic heterocycles. The summed E-state index contributed by atoms with van der Waals surface area (Å²) in [4.78, 5) is 23.4. The Morgan fingerprint density at radius 2 is 1.65 bits per heavy atom. The summed E-state index contributed by atoms with van der Waals surface area (Å²) >= 11 is 0. The van der Waals surface area contributed by atoms with Gasteiger partial charge in [-0.05, 0) is 31.2 Å². The molecule has 0 aromatic heterocycles. The molecule has 0 fully saturated rings. The van der Waals surface area contributed by atoms with Gasteiger partial charge in [-0.3, -0.25) is 9.59 Å². The van der Waals surface area contributed by atoms with Crippen molar-refractivity contribution in [2.75, 3.05) is 11.1 Å². The molecule has 0 saturated heterocycles. The van der Waals surface area contributed by atoms with Crippen LogP contribution in [0.1, 0.15) is 15.9 Å². The van der Waals surface area contributed by atoms with Crippen LogP contribution in [0.15, 0.2) is 53.4 Å². The summed E-state index contributed by atoms with van der Waals surface area (Å²) in [5.41, 5.74) is 6.44. The topological polar surface area (TPSA) is 106 Å². The van der Waals surface area contributed by atoms with E-state index in [1.165, 1.54) is 24.3 Å². The predicted octanol–water partition coefficient (Wildman–Crippen LogP) is 1.51. The van der Waals surface area contributed by atoms with Gasteiger partial charge in [-0.1, -0.05) is 29.8 Å². The first-order valence-electron chi connectivity index (χ1n) is 6.78. The molecule has 2 aromatic carbocycles. The van der Waals surface area contributed by atoms with Crippen molar-refractivity contribution in [3.05, 3.63) is 59.7 Å². The van der Waals surface area contributed by atoms with E-state index < -0.39 is 27.4 Å². The van der Waals surface area contributed by atoms with Crippen LogP contribution in [0.5, 0.6) is 0 Å². The lowest BCUT2D eigenvalue weighted by Gasteiger charge is -2.09. The van der Waals surface area contributed by atoms with Gasteiger partial charge in [0.25, 0.3) is 5.91 Å². The first kappa shape index (κ1) is 16.7. The van der Waals surface area contributed by atoms with E-state index in [-0.39, 0.29) is 16.1 Å². The number of rotatable bonds is 5. The fourth-order valence-corrected chi connectivity index (χ4v) is 3.13. The van der Waals surface area contributed by atoms with E-state index in [4.69, 9.17) is 5.73 Å². The smallest absolute Gasteiger partial charge is 0.250 e. The molecular formula is C16H16N2O4S. The Balaban J connectivity index is 2.16. The van der Waals surface area contributed by atoms with Gasteiger partial charge in [0.05, 0.1) is 16.1 Å². The Morgan fingerprint density at radius 1 is 1.04 bits per heavy atom. The summed E-state index contributed by atoms with van der Waals surface area (Å²) < 4.78 is 24.4. The van der Waals surface area contributed by atoms with Gasteiger partial charge in [0.15, 0.2) is 9.84 Å². The van der Waals surface area contributed by atoms with Crippen LogP contribution in [0.25, 0.3) is 0 Å². The summed E-state index contributed by atoms with van der Waals surface area (Å²) in [6, 6.07) is 12.4. The van der Waals surface area contributed by atoms with Gasteiger partial charge >= 0.3 is 0 Å². The van der Waals surface area contributed by atoms with Crippen LogP contribution >= 0.6 is 0 Å². The number of primary amides is 1. The summed E-state index contributed by atoms with van der Waals surface area (Å²) in [7, 11) is -3.76. The molecule has 0 aliphatic carbocycles. The highest BCUT2D eigenvalue weighted by atomic mass is 32.2. The van der Waals surface area contributed by atoms with Gasteiger partial charge in [0.1, 0.15) is 5.75 Å². The van der Waals surface area contributed by atoms with Gasteiger partial charge in [-0.25, -0.2) is 8.42 Å². The van der Waals surface area contributed by atoms with Crippen LogP contribution in [0.2, 0.25) is 0 Å². The first-order valence-corrected chi connectivity index (χ1v) is 8.43. The van der Waals surface area contributed by atoms with Crippen molar-refractivity contribution in [3.63, 3.8) is 0 Å². The van der Waals surface area contributed by atoms with Crippen LogP contribution in [-0.4, -0.2) is 26.0 Å². The fraction of sp³-hybridized carbons (Fsp3) is 0.125. The standard InChI is InChI=1S/C16H16N2O4S/c1-11-6-8-12(9-7-11)23(21,22)10-15(19)18-14-5-3-2-4-13(14)16(17)20/h2-9H,10H2,1H3,(H2,17,20)(H,18,19). The van der Waals surface area contributed by atoms with E-state index in [0.29, 0.717) is 0 Å². The minimum Gasteiger partial charge on any atom is -0.366 e. The van der Waals surface area contributed by atoms with Gasteiger partial charge < -0.3 is 11.1 Å². The number of amides is 2. The average Bonchev–Trinajstić information content (AvgIpc) is 2.47. The minimum absolute atomic E-state index is 0.0708. The monoisotopic (exact) mass is 332 g/mol. The molecular weight excluding hydrogens is 316 g/mol. The van der Waals surface area contributed by atoms with Crippen molar-refractivity contribution >= 4 is 27.3 Å². The Morgan fingerprint density at radius 3 is 2.26 bits per heavy atom. The molecule has 23 heavy (non-hydrogen) atoms. The lowest BCUT2D eigenvalue weighted by Crippen LogP contribution is -2.24. The first-order chi connectivity index (χ1) is 10.8. The lowest BCUT2D eigenvalue weighted by atomic mass is 10.1. The number of para-hydroxylation sites is 1. The largest absolute Gasteiger partial charge is 0.366 e. The van der Waals surface area contributed by atoms with Crippen LogP contribution in [0, 0.1) is 6.92 Å². The molecule has 0 bridgehead atoms. The molecule has 0 heterocycles. The average molecular weight is 332 g/mol. The molecule has 0 spiro atoms. The SMILES string of the molecule is Cc1ccc(S(=O)(=O)CC(=O)Nc2ccccc2C(N)=O)cc1. The van der Waals surface area contributed by atoms with Crippen LogP contribution < -0.4 is 11.1 Å². The maximum absolute atomic E-state index is 12.2.